The van der Waals surface area contributed by atoms with E-state index in [4.69, 9.17) is 0 Å². The quantitative estimate of drug-likeness (QED) is 0.316. The second-order valence-corrected chi connectivity index (χ2v) is 11.3. The Bertz CT molecular complexity index is 1580. The highest BCUT2D eigenvalue weighted by Gasteiger charge is 2.26. The number of anilines is 2. The molecule has 34 heavy (non-hydrogen) atoms. The number of nitrogens with one attached hydrogen (secondary N) is 3. The maximum Gasteiger partial charge on any atom is 0.272 e. The van der Waals surface area contributed by atoms with Crippen LogP contribution in [0.4, 0.5) is 11.4 Å². The van der Waals surface area contributed by atoms with Crippen molar-refractivity contribution in [3.05, 3.63) is 72.8 Å². The van der Waals surface area contributed by atoms with Crippen molar-refractivity contribution in [3.8, 4) is 0 Å². The number of rotatable bonds is 8. The summed E-state index contributed by atoms with van der Waals surface area (Å²) in [6.45, 7) is 4.02. The Morgan fingerprint density at radius 1 is 0.765 bits per heavy atom. The number of hydrogen-bond donors (Lipinski definition) is 3. The zero-order valence-corrected chi connectivity index (χ0v) is 20.5. The van der Waals surface area contributed by atoms with Crippen molar-refractivity contribution in [2.45, 2.75) is 29.7 Å². The molecule has 0 heterocycles. The molecule has 4 aromatic rings. The van der Waals surface area contributed by atoms with Crippen LogP contribution in [0.2, 0.25) is 0 Å². The Labute approximate surface area is 199 Å². The summed E-state index contributed by atoms with van der Waals surface area (Å²) in [5.74, 6) is 0. The molecule has 4 rings (SSSR count). The van der Waals surface area contributed by atoms with Gasteiger partial charge >= 0.3 is 0 Å². The fraction of sp³-hybridized carbons (Fsp3) is 0.167. The lowest BCUT2D eigenvalue weighted by Gasteiger charge is -2.15. The molecular weight excluding hydrogens is 472 g/mol. The largest absolute Gasteiger partial charge is 0.387 e. The summed E-state index contributed by atoms with van der Waals surface area (Å²) < 4.78 is 52.1. The van der Waals surface area contributed by atoms with E-state index in [-0.39, 0.29) is 15.8 Å². The molecule has 4 aromatic carbocycles. The predicted octanol–water partition coefficient (Wildman–Crippen LogP) is 4.04. The van der Waals surface area contributed by atoms with Crippen molar-refractivity contribution in [2.24, 2.45) is 0 Å². The molecule has 0 bridgehead atoms. The van der Waals surface area contributed by atoms with Gasteiger partial charge in [-0.2, -0.15) is 0 Å². The van der Waals surface area contributed by atoms with E-state index in [2.05, 4.69) is 15.5 Å². The summed E-state index contributed by atoms with van der Waals surface area (Å²) in [7, 11) is -7.02. The first-order valence-electron chi connectivity index (χ1n) is 10.6. The van der Waals surface area contributed by atoms with Crippen LogP contribution in [-0.4, -0.2) is 29.9 Å². The second kappa shape index (κ2) is 9.22. The fourth-order valence-corrected chi connectivity index (χ4v) is 6.22. The van der Waals surface area contributed by atoms with Gasteiger partial charge in [0.25, 0.3) is 20.0 Å². The van der Waals surface area contributed by atoms with Crippen LogP contribution in [0.25, 0.3) is 21.5 Å². The average molecular weight is 498 g/mol. The molecule has 0 saturated heterocycles. The zero-order valence-electron chi connectivity index (χ0n) is 18.9. The molecule has 0 aromatic heterocycles. The van der Waals surface area contributed by atoms with Crippen molar-refractivity contribution < 1.29 is 16.8 Å². The summed E-state index contributed by atoms with van der Waals surface area (Å²) >= 11 is 0. The van der Waals surface area contributed by atoms with Gasteiger partial charge in [0.1, 0.15) is 4.90 Å². The van der Waals surface area contributed by atoms with Crippen LogP contribution in [-0.2, 0) is 20.0 Å². The van der Waals surface area contributed by atoms with Gasteiger partial charge in [-0.15, -0.1) is 4.83 Å². The minimum absolute atomic E-state index is 0.0741. The number of benzene rings is 4. The second-order valence-electron chi connectivity index (χ2n) is 8.06. The minimum Gasteiger partial charge on any atom is -0.387 e. The first kappa shape index (κ1) is 24.0. The Morgan fingerprint density at radius 3 is 2.24 bits per heavy atom. The Kier molecular flexibility index (Phi) is 6.50. The van der Waals surface area contributed by atoms with Crippen LogP contribution < -0.4 is 20.3 Å². The van der Waals surface area contributed by atoms with Crippen molar-refractivity contribution in [3.63, 3.8) is 0 Å². The van der Waals surface area contributed by atoms with Gasteiger partial charge in [0, 0.05) is 29.5 Å². The number of hydrogen-bond acceptors (Lipinski definition) is 6. The molecule has 0 aliphatic rings. The standard InChI is InChI=1S/C24H25N4O4S2/c1-16(2)26-22-10-6-8-18-15-19(12-13-20(18)22)33(29,30)27-28-34(31,32)24-21-9-5-4-7-17(21)11-14-23(24)25-3/h4-16,25-26,28H,1-3H3. The van der Waals surface area contributed by atoms with E-state index in [1.54, 1.807) is 55.6 Å². The molecule has 0 spiro atoms. The Hall–Kier alpha value is -3.18. The molecule has 3 N–H and O–H groups in total. The first-order chi connectivity index (χ1) is 16.1. The lowest BCUT2D eigenvalue weighted by Crippen LogP contribution is -2.36. The van der Waals surface area contributed by atoms with E-state index in [0.717, 1.165) is 11.1 Å². The topological polar surface area (TPSA) is 118 Å². The molecule has 0 aliphatic carbocycles. The summed E-state index contributed by atoms with van der Waals surface area (Å²) in [6.07, 6.45) is 0. The van der Waals surface area contributed by atoms with Gasteiger partial charge in [-0.25, -0.2) is 16.8 Å². The van der Waals surface area contributed by atoms with Crippen molar-refractivity contribution in [1.82, 2.24) is 9.66 Å². The van der Waals surface area contributed by atoms with E-state index in [1.165, 1.54) is 12.1 Å². The minimum atomic E-state index is -4.31. The molecule has 177 valence electrons. The highest BCUT2D eigenvalue weighted by Crippen LogP contribution is 2.30. The molecule has 10 heteroatoms. The van der Waals surface area contributed by atoms with Crippen molar-refractivity contribution >= 4 is 53.0 Å². The van der Waals surface area contributed by atoms with E-state index in [9.17, 15) is 16.8 Å². The Balaban J connectivity index is 1.66. The third-order valence-electron chi connectivity index (χ3n) is 5.29. The maximum atomic E-state index is 13.1. The third-order valence-corrected chi connectivity index (χ3v) is 7.90. The molecule has 0 atom stereocenters. The first-order valence-corrected chi connectivity index (χ1v) is 13.5. The SMILES string of the molecule is CNc1ccc2ccccc2c1S(=O)(=O)N[N]S(=O)(=O)c1ccc2c(NC(C)C)cccc2c1. The molecule has 0 saturated carbocycles. The molecule has 8 nitrogen and oxygen atoms in total. The van der Waals surface area contributed by atoms with Gasteiger partial charge in [-0.1, -0.05) is 48.5 Å². The van der Waals surface area contributed by atoms with Crippen LogP contribution in [0, 0.1) is 0 Å². The van der Waals surface area contributed by atoms with Crippen LogP contribution in [0.15, 0.2) is 82.6 Å². The van der Waals surface area contributed by atoms with E-state index >= 15 is 0 Å². The number of fused-ring (bicyclic) bond motifs is 2. The van der Waals surface area contributed by atoms with Gasteiger partial charge in [0.15, 0.2) is 0 Å². The normalized spacial score (nSPS) is 12.4. The van der Waals surface area contributed by atoms with E-state index in [1.807, 2.05) is 30.8 Å². The van der Waals surface area contributed by atoms with Crippen LogP contribution in [0.3, 0.4) is 0 Å². The van der Waals surface area contributed by atoms with Gasteiger partial charge in [0.2, 0.25) is 0 Å². The predicted molar refractivity (Wildman–Crippen MR) is 136 cm³/mol. The van der Waals surface area contributed by atoms with E-state index in [0.29, 0.717) is 21.8 Å². The molecule has 0 aliphatic heterocycles. The van der Waals surface area contributed by atoms with Gasteiger partial charge in [-0.3, -0.25) is 0 Å². The maximum absolute atomic E-state index is 13.1. The zero-order chi connectivity index (χ0) is 24.5. The van der Waals surface area contributed by atoms with Crippen LogP contribution in [0.5, 0.6) is 0 Å². The molecule has 0 unspecified atom stereocenters. The highest BCUT2D eigenvalue weighted by molar-refractivity contribution is 7.92. The molecule has 1 radical (unpaired) electrons. The average Bonchev–Trinajstić information content (AvgIpc) is 2.81. The lowest BCUT2D eigenvalue weighted by atomic mass is 10.1. The van der Waals surface area contributed by atoms with Gasteiger partial charge in [-0.05, 0) is 53.7 Å². The monoisotopic (exact) mass is 497 g/mol. The third kappa shape index (κ3) is 4.71. The van der Waals surface area contributed by atoms with E-state index < -0.39 is 20.0 Å². The number of nitrogens with zero attached hydrogens (tertiary/aromatic N) is 1. The summed E-state index contributed by atoms with van der Waals surface area (Å²) in [4.78, 5) is 5.16. The Morgan fingerprint density at radius 2 is 1.50 bits per heavy atom. The number of sulfonamides is 2. The molecule has 0 amide bonds. The van der Waals surface area contributed by atoms with Gasteiger partial charge in [0.05, 0.1) is 10.6 Å². The summed E-state index contributed by atoms with van der Waals surface area (Å²) in [6, 6.07) is 20.7. The summed E-state index contributed by atoms with van der Waals surface area (Å²) in [5, 5.41) is 8.86. The smallest absolute Gasteiger partial charge is 0.272 e. The van der Waals surface area contributed by atoms with Crippen LogP contribution in [0.1, 0.15) is 13.8 Å². The van der Waals surface area contributed by atoms with Gasteiger partial charge < -0.3 is 10.6 Å². The molecule has 0 fully saturated rings. The molecular formula is C24H25N4O4S2. The lowest BCUT2D eigenvalue weighted by molar-refractivity contribution is 0.556. The van der Waals surface area contributed by atoms with Crippen molar-refractivity contribution in [1.29, 1.82) is 0 Å². The highest BCUT2D eigenvalue weighted by atomic mass is 32.2. The summed E-state index contributed by atoms with van der Waals surface area (Å²) in [5.41, 5.74) is 1.21. The van der Waals surface area contributed by atoms with Crippen LogP contribution >= 0.6 is 0 Å². The fourth-order valence-electron chi connectivity index (χ4n) is 3.78. The van der Waals surface area contributed by atoms with Crippen molar-refractivity contribution in [2.75, 3.05) is 17.7 Å².